The maximum absolute atomic E-state index is 12.7. The Morgan fingerprint density at radius 2 is 1.94 bits per heavy atom. The second kappa shape index (κ2) is 8.76. The zero-order chi connectivity index (χ0) is 21.8. The van der Waals surface area contributed by atoms with Crippen molar-refractivity contribution in [1.82, 2.24) is 14.8 Å². The van der Waals surface area contributed by atoms with E-state index in [0.29, 0.717) is 35.1 Å². The summed E-state index contributed by atoms with van der Waals surface area (Å²) in [7, 11) is 0. The topological polar surface area (TPSA) is 112 Å². The first-order valence-electron chi connectivity index (χ1n) is 9.22. The zero-order valence-electron chi connectivity index (χ0n) is 16.4. The molecule has 1 N–H and O–H groups in total. The van der Waals surface area contributed by atoms with E-state index in [1.807, 2.05) is 5.38 Å². The van der Waals surface area contributed by atoms with E-state index in [0.717, 1.165) is 5.69 Å². The lowest BCUT2D eigenvalue weighted by atomic mass is 10.2. The highest BCUT2D eigenvalue weighted by Gasteiger charge is 2.14. The highest BCUT2D eigenvalue weighted by molar-refractivity contribution is 7.07. The van der Waals surface area contributed by atoms with Crippen LogP contribution < -0.4 is 10.1 Å². The molecular weight excluding hydrogens is 418 g/mol. The molecule has 0 atom stereocenters. The van der Waals surface area contributed by atoms with Crippen molar-refractivity contribution in [2.24, 2.45) is 0 Å². The Morgan fingerprint density at radius 1 is 1.19 bits per heavy atom. The van der Waals surface area contributed by atoms with Gasteiger partial charge in [-0.15, -0.1) is 11.3 Å². The molecule has 0 saturated carbocycles. The molecule has 4 aromatic rings. The van der Waals surface area contributed by atoms with Gasteiger partial charge in [0.25, 0.3) is 11.6 Å². The Bertz CT molecular complexity index is 1200. The highest BCUT2D eigenvalue weighted by atomic mass is 32.1. The molecule has 2 aromatic carbocycles. The molecule has 0 radical (unpaired) electrons. The summed E-state index contributed by atoms with van der Waals surface area (Å²) >= 11 is 1.50. The van der Waals surface area contributed by atoms with Crippen LogP contribution in [0.3, 0.4) is 0 Å². The summed E-state index contributed by atoms with van der Waals surface area (Å²) in [5, 5.41) is 20.0. The van der Waals surface area contributed by atoms with Crippen molar-refractivity contribution in [3.8, 4) is 11.4 Å². The molecule has 0 aliphatic carbocycles. The molecular formula is C21H17N5O4S. The summed E-state index contributed by atoms with van der Waals surface area (Å²) in [6.07, 6.45) is 0. The lowest BCUT2D eigenvalue weighted by molar-refractivity contribution is -0.384. The van der Waals surface area contributed by atoms with Crippen LogP contribution >= 0.6 is 11.3 Å². The van der Waals surface area contributed by atoms with Gasteiger partial charge in [-0.2, -0.15) is 5.10 Å². The quantitative estimate of drug-likeness (QED) is 0.341. The Balaban J connectivity index is 1.46. The molecule has 4 rings (SSSR count). The van der Waals surface area contributed by atoms with Crippen LogP contribution in [-0.2, 0) is 6.61 Å². The highest BCUT2D eigenvalue weighted by Crippen LogP contribution is 2.21. The van der Waals surface area contributed by atoms with Gasteiger partial charge in [-0.3, -0.25) is 14.9 Å². The van der Waals surface area contributed by atoms with Gasteiger partial charge in [-0.1, -0.05) is 0 Å². The number of ether oxygens (including phenoxy) is 1. The summed E-state index contributed by atoms with van der Waals surface area (Å²) < 4.78 is 7.19. The summed E-state index contributed by atoms with van der Waals surface area (Å²) in [6.45, 7) is 2.16. The lowest BCUT2D eigenvalue weighted by Gasteiger charge is -2.10. The van der Waals surface area contributed by atoms with Crippen molar-refractivity contribution in [2.45, 2.75) is 13.5 Å². The number of nitro benzene ring substituents is 1. The Labute approximate surface area is 181 Å². The van der Waals surface area contributed by atoms with E-state index >= 15 is 0 Å². The van der Waals surface area contributed by atoms with Gasteiger partial charge in [-0.25, -0.2) is 9.67 Å². The third kappa shape index (κ3) is 4.75. The number of amides is 1. The van der Waals surface area contributed by atoms with Gasteiger partial charge in [0.2, 0.25) is 0 Å². The average Bonchev–Trinajstić information content (AvgIpc) is 3.42. The SMILES string of the molecule is Cc1cc(NC(=O)c2ccc(OCc3cscn3)cc2)n(-c2ccc([N+](=O)[O-])cc2)n1. The normalized spacial score (nSPS) is 10.6. The largest absolute Gasteiger partial charge is 0.487 e. The average molecular weight is 435 g/mol. The fourth-order valence-corrected chi connectivity index (χ4v) is 3.40. The van der Waals surface area contributed by atoms with Gasteiger partial charge in [-0.05, 0) is 43.3 Å². The van der Waals surface area contributed by atoms with E-state index in [2.05, 4.69) is 15.4 Å². The number of hydrogen-bond donors (Lipinski definition) is 1. The first-order chi connectivity index (χ1) is 15.0. The van der Waals surface area contributed by atoms with E-state index in [1.165, 1.54) is 28.2 Å². The van der Waals surface area contributed by atoms with Crippen molar-refractivity contribution in [3.05, 3.63) is 92.6 Å². The first-order valence-corrected chi connectivity index (χ1v) is 10.2. The van der Waals surface area contributed by atoms with Gasteiger partial charge < -0.3 is 10.1 Å². The molecule has 0 aliphatic heterocycles. The molecule has 9 nitrogen and oxygen atoms in total. The van der Waals surface area contributed by atoms with Gasteiger partial charge in [0.1, 0.15) is 18.2 Å². The molecule has 0 bridgehead atoms. The van der Waals surface area contributed by atoms with Crippen molar-refractivity contribution in [1.29, 1.82) is 0 Å². The van der Waals surface area contributed by atoms with E-state index in [4.69, 9.17) is 4.74 Å². The van der Waals surface area contributed by atoms with Crippen molar-refractivity contribution in [3.63, 3.8) is 0 Å². The molecule has 0 fully saturated rings. The van der Waals surface area contributed by atoms with Crippen molar-refractivity contribution < 1.29 is 14.5 Å². The van der Waals surface area contributed by atoms with E-state index < -0.39 is 4.92 Å². The first kappa shape index (κ1) is 20.2. The molecule has 2 aromatic heterocycles. The number of hydrogen-bond acceptors (Lipinski definition) is 7. The molecule has 0 unspecified atom stereocenters. The van der Waals surface area contributed by atoms with Gasteiger partial charge in [0.15, 0.2) is 0 Å². The van der Waals surface area contributed by atoms with Gasteiger partial charge in [0, 0.05) is 29.1 Å². The van der Waals surface area contributed by atoms with E-state index in [-0.39, 0.29) is 11.6 Å². The molecule has 0 aliphatic rings. The second-order valence-corrected chi connectivity index (χ2v) is 7.32. The van der Waals surface area contributed by atoms with Gasteiger partial charge in [0.05, 0.1) is 27.5 Å². The van der Waals surface area contributed by atoms with Crippen LogP contribution in [0.1, 0.15) is 21.7 Å². The Hall–Kier alpha value is -4.05. The Morgan fingerprint density at radius 3 is 2.58 bits per heavy atom. The number of carbonyl (C=O) groups excluding carboxylic acids is 1. The number of nitro groups is 1. The third-order valence-electron chi connectivity index (χ3n) is 4.36. The number of thiazole rings is 1. The van der Waals surface area contributed by atoms with Crippen LogP contribution in [0.15, 0.2) is 65.5 Å². The van der Waals surface area contributed by atoms with E-state index in [1.54, 1.807) is 54.9 Å². The standard InChI is InChI=1S/C21H17N5O4S/c1-14-10-20(25(24-14)17-4-6-18(7-5-17)26(28)29)23-21(27)15-2-8-19(9-3-15)30-11-16-12-31-13-22-16/h2-10,12-13H,11H2,1H3,(H,23,27). The molecule has 10 heteroatoms. The minimum Gasteiger partial charge on any atom is -0.487 e. The van der Waals surface area contributed by atoms with Crippen LogP contribution in [0.4, 0.5) is 11.5 Å². The minimum atomic E-state index is -0.467. The number of aryl methyl sites for hydroxylation is 1. The molecule has 2 heterocycles. The number of aromatic nitrogens is 3. The van der Waals surface area contributed by atoms with Crippen LogP contribution in [-0.4, -0.2) is 25.6 Å². The van der Waals surface area contributed by atoms with Crippen LogP contribution in [0.5, 0.6) is 5.75 Å². The molecule has 0 saturated heterocycles. The number of nitrogens with one attached hydrogen (secondary N) is 1. The summed E-state index contributed by atoms with van der Waals surface area (Å²) in [4.78, 5) is 27.3. The predicted molar refractivity (Wildman–Crippen MR) is 116 cm³/mol. The summed E-state index contributed by atoms with van der Waals surface area (Å²) in [5.41, 5.74) is 4.32. The molecule has 156 valence electrons. The summed E-state index contributed by atoms with van der Waals surface area (Å²) in [6, 6.07) is 14.5. The summed E-state index contributed by atoms with van der Waals surface area (Å²) in [5.74, 6) is 0.783. The Kier molecular flexibility index (Phi) is 5.72. The lowest BCUT2D eigenvalue weighted by Crippen LogP contribution is -2.15. The predicted octanol–water partition coefficient (Wildman–Crippen LogP) is 4.38. The number of benzene rings is 2. The monoisotopic (exact) mass is 435 g/mol. The number of anilines is 1. The van der Waals surface area contributed by atoms with Crippen molar-refractivity contribution in [2.75, 3.05) is 5.32 Å². The molecule has 0 spiro atoms. The fourth-order valence-electron chi connectivity index (χ4n) is 2.86. The third-order valence-corrected chi connectivity index (χ3v) is 5.00. The van der Waals surface area contributed by atoms with Crippen LogP contribution in [0.25, 0.3) is 5.69 Å². The second-order valence-electron chi connectivity index (χ2n) is 6.60. The smallest absolute Gasteiger partial charge is 0.269 e. The maximum atomic E-state index is 12.7. The minimum absolute atomic E-state index is 0.0182. The molecule has 1 amide bonds. The van der Waals surface area contributed by atoms with Crippen molar-refractivity contribution >= 4 is 28.7 Å². The number of rotatable bonds is 7. The zero-order valence-corrected chi connectivity index (χ0v) is 17.2. The van der Waals surface area contributed by atoms with Crippen LogP contribution in [0.2, 0.25) is 0 Å². The molecule has 31 heavy (non-hydrogen) atoms. The van der Waals surface area contributed by atoms with Crippen LogP contribution in [0, 0.1) is 17.0 Å². The maximum Gasteiger partial charge on any atom is 0.269 e. The number of non-ortho nitro benzene ring substituents is 1. The van der Waals surface area contributed by atoms with E-state index in [9.17, 15) is 14.9 Å². The number of nitrogens with zero attached hydrogens (tertiary/aromatic N) is 4. The fraction of sp³-hybridized carbons (Fsp3) is 0.0952. The number of carbonyl (C=O) groups is 1. The van der Waals surface area contributed by atoms with Gasteiger partial charge >= 0.3 is 0 Å².